The zero-order valence-corrected chi connectivity index (χ0v) is 14.7. The number of anilines is 1. The van der Waals surface area contributed by atoms with Crippen LogP contribution in [0.25, 0.3) is 0 Å². The minimum absolute atomic E-state index is 0.0660. The molecule has 1 fully saturated rings. The third kappa shape index (κ3) is 3.43. The zero-order valence-electron chi connectivity index (χ0n) is 14.7. The molecule has 0 radical (unpaired) electrons. The molecule has 2 aliphatic heterocycles. The predicted octanol–water partition coefficient (Wildman–Crippen LogP) is 1.92. The Labute approximate surface area is 152 Å². The zero-order chi connectivity index (χ0) is 17.9. The van der Waals surface area contributed by atoms with E-state index in [9.17, 15) is 4.79 Å². The molecule has 3 heterocycles. The monoisotopic (exact) mass is 355 g/mol. The van der Waals surface area contributed by atoms with E-state index in [0.717, 1.165) is 36.0 Å². The Bertz CT molecular complexity index is 788. The maximum atomic E-state index is 12.7. The van der Waals surface area contributed by atoms with Crippen molar-refractivity contribution in [2.75, 3.05) is 45.0 Å². The Morgan fingerprint density at radius 3 is 2.73 bits per heavy atom. The molecule has 0 N–H and O–H groups in total. The summed E-state index contributed by atoms with van der Waals surface area (Å²) >= 11 is 0. The van der Waals surface area contributed by atoms with E-state index < -0.39 is 0 Å². The van der Waals surface area contributed by atoms with E-state index in [2.05, 4.69) is 9.88 Å². The van der Waals surface area contributed by atoms with Gasteiger partial charge in [0.25, 0.3) is 5.91 Å². The summed E-state index contributed by atoms with van der Waals surface area (Å²) in [6.45, 7) is 3.80. The summed E-state index contributed by atoms with van der Waals surface area (Å²) in [5, 5.41) is 0. The van der Waals surface area contributed by atoms with Crippen LogP contribution in [0.2, 0.25) is 0 Å². The van der Waals surface area contributed by atoms with Crippen molar-refractivity contribution in [2.45, 2.75) is 6.54 Å². The van der Waals surface area contributed by atoms with E-state index in [1.165, 1.54) is 0 Å². The number of ether oxygens (including phenoxy) is 3. The van der Waals surface area contributed by atoms with Crippen LogP contribution in [0, 0.1) is 0 Å². The van der Waals surface area contributed by atoms with Crippen LogP contribution in [0.5, 0.6) is 11.5 Å². The molecule has 0 saturated carbocycles. The maximum Gasteiger partial charge on any atom is 0.255 e. The molecule has 136 valence electrons. The van der Waals surface area contributed by atoms with Crippen molar-refractivity contribution in [1.82, 2.24) is 9.88 Å². The van der Waals surface area contributed by atoms with Gasteiger partial charge >= 0.3 is 0 Å². The quantitative estimate of drug-likeness (QED) is 0.835. The summed E-state index contributed by atoms with van der Waals surface area (Å²) in [6, 6.07) is 9.45. The number of carbonyl (C=O) groups excluding carboxylic acids is 1. The van der Waals surface area contributed by atoms with Gasteiger partial charge in [-0.1, -0.05) is 6.07 Å². The predicted molar refractivity (Wildman–Crippen MR) is 95.6 cm³/mol. The molecule has 0 atom stereocenters. The first-order valence-corrected chi connectivity index (χ1v) is 8.63. The standard InChI is InChI=1S/C19H21N3O4/c1-21(12-14-2-4-16-17(10-14)26-13-25-16)19(23)15-3-5-18(20-11-15)22-6-8-24-9-7-22/h2-5,10-11H,6-9,12-13H2,1H3. The van der Waals surface area contributed by atoms with Crippen LogP contribution in [0.4, 0.5) is 5.82 Å². The lowest BCUT2D eigenvalue weighted by molar-refractivity contribution is 0.0784. The van der Waals surface area contributed by atoms with Crippen LogP contribution in [-0.4, -0.2) is 55.9 Å². The molecule has 2 aliphatic rings. The molecule has 4 rings (SSSR count). The smallest absolute Gasteiger partial charge is 0.255 e. The summed E-state index contributed by atoms with van der Waals surface area (Å²) < 4.78 is 16.1. The van der Waals surface area contributed by atoms with Gasteiger partial charge in [-0.2, -0.15) is 0 Å². The molecule has 1 aromatic carbocycles. The molecule has 0 unspecified atom stereocenters. The highest BCUT2D eigenvalue weighted by Gasteiger charge is 2.18. The molecule has 2 aromatic rings. The van der Waals surface area contributed by atoms with E-state index >= 15 is 0 Å². The fourth-order valence-corrected chi connectivity index (χ4v) is 3.10. The van der Waals surface area contributed by atoms with Crippen LogP contribution in [0.3, 0.4) is 0 Å². The number of hydrogen-bond donors (Lipinski definition) is 0. The van der Waals surface area contributed by atoms with Gasteiger partial charge in [-0.3, -0.25) is 4.79 Å². The first-order valence-electron chi connectivity index (χ1n) is 8.63. The van der Waals surface area contributed by atoms with E-state index in [0.29, 0.717) is 25.3 Å². The largest absolute Gasteiger partial charge is 0.454 e. The van der Waals surface area contributed by atoms with Gasteiger partial charge in [-0.25, -0.2) is 4.98 Å². The molecule has 26 heavy (non-hydrogen) atoms. The average Bonchev–Trinajstić information content (AvgIpc) is 3.16. The van der Waals surface area contributed by atoms with Crippen molar-refractivity contribution in [3.05, 3.63) is 47.7 Å². The molecule has 0 bridgehead atoms. The molecule has 1 aromatic heterocycles. The van der Waals surface area contributed by atoms with Gasteiger partial charge in [-0.15, -0.1) is 0 Å². The number of rotatable bonds is 4. The minimum Gasteiger partial charge on any atom is -0.454 e. The van der Waals surface area contributed by atoms with E-state index in [1.807, 2.05) is 30.3 Å². The summed E-state index contributed by atoms with van der Waals surface area (Å²) in [5.74, 6) is 2.28. The van der Waals surface area contributed by atoms with Crippen molar-refractivity contribution < 1.29 is 19.0 Å². The van der Waals surface area contributed by atoms with Crippen molar-refractivity contribution in [1.29, 1.82) is 0 Å². The number of hydrogen-bond acceptors (Lipinski definition) is 6. The third-order valence-electron chi connectivity index (χ3n) is 4.53. The Morgan fingerprint density at radius 2 is 1.96 bits per heavy atom. The van der Waals surface area contributed by atoms with Gasteiger partial charge in [0.1, 0.15) is 5.82 Å². The normalized spacial score (nSPS) is 15.8. The topological polar surface area (TPSA) is 64.1 Å². The minimum atomic E-state index is -0.0660. The number of fused-ring (bicyclic) bond motifs is 1. The van der Waals surface area contributed by atoms with Crippen LogP contribution >= 0.6 is 0 Å². The first kappa shape index (κ1) is 16.7. The second kappa shape index (κ2) is 7.21. The number of carbonyl (C=O) groups is 1. The SMILES string of the molecule is CN(Cc1ccc2c(c1)OCO2)C(=O)c1ccc(N2CCOCC2)nc1. The van der Waals surface area contributed by atoms with Gasteiger partial charge in [-0.05, 0) is 29.8 Å². The molecular weight excluding hydrogens is 334 g/mol. The first-order chi connectivity index (χ1) is 12.7. The molecule has 1 amide bonds. The molecule has 1 saturated heterocycles. The van der Waals surface area contributed by atoms with Crippen LogP contribution < -0.4 is 14.4 Å². The summed E-state index contributed by atoms with van der Waals surface area (Å²) in [5.41, 5.74) is 1.56. The van der Waals surface area contributed by atoms with Gasteiger partial charge < -0.3 is 24.0 Å². The average molecular weight is 355 g/mol. The van der Waals surface area contributed by atoms with E-state index in [-0.39, 0.29) is 12.7 Å². The highest BCUT2D eigenvalue weighted by atomic mass is 16.7. The van der Waals surface area contributed by atoms with Gasteiger partial charge in [0.05, 0.1) is 18.8 Å². The molecule has 0 aliphatic carbocycles. The number of morpholine rings is 1. The Balaban J connectivity index is 1.41. The highest BCUT2D eigenvalue weighted by molar-refractivity contribution is 5.93. The van der Waals surface area contributed by atoms with E-state index in [1.54, 1.807) is 18.1 Å². The second-order valence-corrected chi connectivity index (χ2v) is 6.35. The van der Waals surface area contributed by atoms with E-state index in [4.69, 9.17) is 14.2 Å². The Morgan fingerprint density at radius 1 is 1.15 bits per heavy atom. The lowest BCUT2D eigenvalue weighted by atomic mass is 10.1. The molecule has 7 heteroatoms. The highest BCUT2D eigenvalue weighted by Crippen LogP contribution is 2.32. The van der Waals surface area contributed by atoms with Gasteiger partial charge in [0, 0.05) is 32.9 Å². The van der Waals surface area contributed by atoms with Crippen LogP contribution in [0.15, 0.2) is 36.5 Å². The molecular formula is C19H21N3O4. The number of benzene rings is 1. The fraction of sp³-hybridized carbons (Fsp3) is 0.368. The third-order valence-corrected chi connectivity index (χ3v) is 4.53. The lowest BCUT2D eigenvalue weighted by Gasteiger charge is -2.27. The number of pyridine rings is 1. The summed E-state index contributed by atoms with van der Waals surface area (Å²) in [6.07, 6.45) is 1.64. The lowest BCUT2D eigenvalue weighted by Crippen LogP contribution is -2.36. The fourth-order valence-electron chi connectivity index (χ4n) is 3.10. The maximum absolute atomic E-state index is 12.7. The van der Waals surface area contributed by atoms with Crippen molar-refractivity contribution >= 4 is 11.7 Å². The van der Waals surface area contributed by atoms with Crippen LogP contribution in [0.1, 0.15) is 15.9 Å². The Hall–Kier alpha value is -2.80. The Kier molecular flexibility index (Phi) is 4.62. The number of aromatic nitrogens is 1. The number of amides is 1. The van der Waals surface area contributed by atoms with Crippen molar-refractivity contribution in [2.24, 2.45) is 0 Å². The van der Waals surface area contributed by atoms with Crippen molar-refractivity contribution in [3.8, 4) is 11.5 Å². The van der Waals surface area contributed by atoms with Gasteiger partial charge in [0.15, 0.2) is 11.5 Å². The van der Waals surface area contributed by atoms with Crippen LogP contribution in [-0.2, 0) is 11.3 Å². The summed E-state index contributed by atoms with van der Waals surface area (Å²) in [4.78, 5) is 20.9. The molecule has 0 spiro atoms. The second-order valence-electron chi connectivity index (χ2n) is 6.35. The summed E-state index contributed by atoms with van der Waals surface area (Å²) in [7, 11) is 1.78. The number of nitrogens with zero attached hydrogens (tertiary/aromatic N) is 3. The van der Waals surface area contributed by atoms with Crippen molar-refractivity contribution in [3.63, 3.8) is 0 Å². The molecule has 7 nitrogen and oxygen atoms in total. The van der Waals surface area contributed by atoms with Gasteiger partial charge in [0.2, 0.25) is 6.79 Å².